The highest BCUT2D eigenvalue weighted by molar-refractivity contribution is 6.22. The molecular weight excluding hydrogens is 360 g/mol. The fourth-order valence-corrected chi connectivity index (χ4v) is 3.21. The van der Waals surface area contributed by atoms with E-state index >= 15 is 0 Å². The van der Waals surface area contributed by atoms with Crippen LogP contribution in [0.5, 0.6) is 0 Å². The number of hydrogen-bond acceptors (Lipinski definition) is 5. The van der Waals surface area contributed by atoms with Crippen LogP contribution in [0.2, 0.25) is 0 Å². The number of ether oxygens (including phenoxy) is 1. The molecule has 3 amide bonds. The molecule has 8 heteroatoms. The van der Waals surface area contributed by atoms with Gasteiger partial charge in [-0.15, -0.1) is 0 Å². The first-order valence-electron chi connectivity index (χ1n) is 8.83. The summed E-state index contributed by atoms with van der Waals surface area (Å²) in [4.78, 5) is 43.1. The molecule has 1 N–H and O–H groups in total. The van der Waals surface area contributed by atoms with E-state index in [9.17, 15) is 14.4 Å². The minimum absolute atomic E-state index is 0.239. The van der Waals surface area contributed by atoms with Crippen LogP contribution in [0.4, 0.5) is 5.95 Å². The van der Waals surface area contributed by atoms with Crippen LogP contribution in [0.15, 0.2) is 48.8 Å². The van der Waals surface area contributed by atoms with Crippen LogP contribution in [-0.4, -0.2) is 52.3 Å². The van der Waals surface area contributed by atoms with Crippen molar-refractivity contribution in [3.05, 3.63) is 65.5 Å². The molecule has 2 aromatic heterocycles. The first kappa shape index (κ1) is 17.9. The second-order valence-corrected chi connectivity index (χ2v) is 6.40. The molecule has 3 aromatic rings. The van der Waals surface area contributed by atoms with Crippen molar-refractivity contribution >= 4 is 29.2 Å². The number of hydrogen-bond donors (Lipinski definition) is 1. The molecule has 4 rings (SSSR count). The number of imide groups is 1. The summed E-state index contributed by atoms with van der Waals surface area (Å²) < 4.78 is 6.72. The van der Waals surface area contributed by atoms with E-state index in [4.69, 9.17) is 4.74 Å². The zero-order valence-electron chi connectivity index (χ0n) is 15.2. The quantitative estimate of drug-likeness (QED) is 0.524. The van der Waals surface area contributed by atoms with Gasteiger partial charge in [-0.05, 0) is 36.8 Å². The lowest BCUT2D eigenvalue weighted by atomic mass is 10.1. The Labute approximate surface area is 160 Å². The second-order valence-electron chi connectivity index (χ2n) is 6.40. The number of anilines is 1. The van der Waals surface area contributed by atoms with E-state index in [1.165, 1.54) is 23.1 Å². The maximum Gasteiger partial charge on any atom is 0.261 e. The third-order valence-electron chi connectivity index (χ3n) is 4.63. The van der Waals surface area contributed by atoms with Gasteiger partial charge in [0.1, 0.15) is 0 Å². The zero-order valence-corrected chi connectivity index (χ0v) is 15.2. The predicted octanol–water partition coefficient (Wildman–Crippen LogP) is 2.22. The summed E-state index contributed by atoms with van der Waals surface area (Å²) in [5.74, 6) is -0.763. The van der Waals surface area contributed by atoms with Crippen molar-refractivity contribution in [2.75, 3.05) is 25.6 Å². The van der Waals surface area contributed by atoms with Crippen LogP contribution < -0.4 is 5.32 Å². The van der Waals surface area contributed by atoms with E-state index in [2.05, 4.69) is 10.3 Å². The van der Waals surface area contributed by atoms with Crippen molar-refractivity contribution in [3.8, 4) is 0 Å². The normalized spacial score (nSPS) is 13.2. The molecular formula is C20H18N4O4. The number of methoxy groups -OCH3 is 1. The molecule has 8 nitrogen and oxygen atoms in total. The molecule has 0 aliphatic carbocycles. The third kappa shape index (κ3) is 3.03. The molecule has 0 unspecified atom stereocenters. The topological polar surface area (TPSA) is 93.0 Å². The average molecular weight is 378 g/mol. The molecule has 0 saturated heterocycles. The molecule has 3 heterocycles. The minimum atomic E-state index is -0.405. The number of nitrogens with zero attached hydrogens (tertiary/aromatic N) is 3. The van der Waals surface area contributed by atoms with Gasteiger partial charge in [-0.2, -0.15) is 0 Å². The second kappa shape index (κ2) is 7.24. The number of fused-ring (bicyclic) bond motifs is 2. The molecule has 28 heavy (non-hydrogen) atoms. The van der Waals surface area contributed by atoms with E-state index in [-0.39, 0.29) is 23.6 Å². The van der Waals surface area contributed by atoms with E-state index < -0.39 is 11.8 Å². The maximum absolute atomic E-state index is 12.6. The van der Waals surface area contributed by atoms with Gasteiger partial charge in [0.05, 0.1) is 22.8 Å². The highest BCUT2D eigenvalue weighted by Crippen LogP contribution is 2.24. The van der Waals surface area contributed by atoms with Crippen molar-refractivity contribution in [3.63, 3.8) is 0 Å². The lowest BCUT2D eigenvalue weighted by Crippen LogP contribution is -2.31. The number of imidazole rings is 1. The van der Waals surface area contributed by atoms with E-state index in [0.717, 1.165) is 5.52 Å². The summed E-state index contributed by atoms with van der Waals surface area (Å²) in [5, 5.41) is 2.74. The summed E-state index contributed by atoms with van der Waals surface area (Å²) in [6.45, 7) is 0.737. The Morgan fingerprint density at radius 2 is 1.96 bits per heavy atom. The number of rotatable bonds is 6. The zero-order chi connectivity index (χ0) is 19.7. The van der Waals surface area contributed by atoms with E-state index in [1.54, 1.807) is 23.9 Å². The first-order valence-corrected chi connectivity index (χ1v) is 8.83. The number of pyridine rings is 1. The van der Waals surface area contributed by atoms with Gasteiger partial charge in [0, 0.05) is 32.0 Å². The maximum atomic E-state index is 12.6. The molecule has 0 saturated carbocycles. The SMILES string of the molecule is COCCCN1C(=O)c2ccc(C(=O)Nc3ncc4ccccn34)cc2C1=O. The van der Waals surface area contributed by atoms with E-state index in [0.29, 0.717) is 24.5 Å². The predicted molar refractivity (Wildman–Crippen MR) is 101 cm³/mol. The lowest BCUT2D eigenvalue weighted by molar-refractivity contribution is 0.0638. The fraction of sp³-hybridized carbons (Fsp3) is 0.200. The standard InChI is InChI=1S/C20H18N4O4/c1-28-10-4-9-24-18(26)15-7-6-13(11-16(15)19(24)27)17(25)22-20-21-12-14-5-2-3-8-23(14)20/h2-3,5-8,11-12H,4,9-10H2,1H3,(H,21,22,25). The summed E-state index contributed by atoms with van der Waals surface area (Å²) in [6, 6.07) is 10.1. The summed E-state index contributed by atoms with van der Waals surface area (Å²) in [5.41, 5.74) is 1.68. The molecule has 0 spiro atoms. The fourth-order valence-electron chi connectivity index (χ4n) is 3.21. The lowest BCUT2D eigenvalue weighted by Gasteiger charge is -2.12. The van der Waals surface area contributed by atoms with Gasteiger partial charge in [0.2, 0.25) is 5.95 Å². The van der Waals surface area contributed by atoms with Crippen LogP contribution in [-0.2, 0) is 4.74 Å². The van der Waals surface area contributed by atoms with Gasteiger partial charge in [0.25, 0.3) is 17.7 Å². The largest absolute Gasteiger partial charge is 0.385 e. The van der Waals surface area contributed by atoms with Crippen LogP contribution in [0, 0.1) is 0 Å². The van der Waals surface area contributed by atoms with Gasteiger partial charge in [-0.3, -0.25) is 29.0 Å². The number of carbonyl (C=O) groups excluding carboxylic acids is 3. The molecule has 0 atom stereocenters. The first-order chi connectivity index (χ1) is 13.6. The number of aromatic nitrogens is 2. The third-order valence-corrected chi connectivity index (χ3v) is 4.63. The summed E-state index contributed by atoms with van der Waals surface area (Å²) >= 11 is 0. The number of amides is 3. The van der Waals surface area contributed by atoms with Crippen molar-refractivity contribution in [1.29, 1.82) is 0 Å². The number of nitrogens with one attached hydrogen (secondary N) is 1. The highest BCUT2D eigenvalue weighted by atomic mass is 16.5. The van der Waals surface area contributed by atoms with Gasteiger partial charge < -0.3 is 4.74 Å². The Kier molecular flexibility index (Phi) is 4.62. The Morgan fingerprint density at radius 1 is 1.14 bits per heavy atom. The van der Waals surface area contributed by atoms with Crippen LogP contribution in [0.1, 0.15) is 37.5 Å². The Morgan fingerprint density at radius 3 is 2.79 bits per heavy atom. The molecule has 1 aromatic carbocycles. The Bertz CT molecular complexity index is 1090. The van der Waals surface area contributed by atoms with Crippen molar-refractivity contribution in [2.45, 2.75) is 6.42 Å². The van der Waals surface area contributed by atoms with E-state index in [1.807, 2.05) is 18.2 Å². The monoisotopic (exact) mass is 378 g/mol. The summed E-state index contributed by atoms with van der Waals surface area (Å²) in [7, 11) is 1.57. The molecule has 142 valence electrons. The van der Waals surface area contributed by atoms with Crippen LogP contribution in [0.25, 0.3) is 5.52 Å². The van der Waals surface area contributed by atoms with Gasteiger partial charge in [-0.25, -0.2) is 4.98 Å². The number of benzene rings is 1. The molecule has 0 fully saturated rings. The molecule has 0 bridgehead atoms. The van der Waals surface area contributed by atoms with Gasteiger partial charge >= 0.3 is 0 Å². The van der Waals surface area contributed by atoms with Crippen molar-refractivity contribution < 1.29 is 19.1 Å². The smallest absolute Gasteiger partial charge is 0.261 e. The van der Waals surface area contributed by atoms with Crippen LogP contribution >= 0.6 is 0 Å². The van der Waals surface area contributed by atoms with Gasteiger partial charge in [-0.1, -0.05) is 6.07 Å². The molecule has 0 radical (unpaired) electrons. The summed E-state index contributed by atoms with van der Waals surface area (Å²) in [6.07, 6.45) is 4.00. The van der Waals surface area contributed by atoms with Crippen molar-refractivity contribution in [1.82, 2.24) is 14.3 Å². The number of carbonyl (C=O) groups is 3. The van der Waals surface area contributed by atoms with Gasteiger partial charge in [0.15, 0.2) is 0 Å². The Hall–Kier alpha value is -3.52. The highest BCUT2D eigenvalue weighted by Gasteiger charge is 2.35. The minimum Gasteiger partial charge on any atom is -0.385 e. The average Bonchev–Trinajstić information content (AvgIpc) is 3.22. The Balaban J connectivity index is 1.56. The van der Waals surface area contributed by atoms with Crippen molar-refractivity contribution in [2.24, 2.45) is 0 Å². The molecule has 1 aliphatic heterocycles. The van der Waals surface area contributed by atoms with Crippen LogP contribution in [0.3, 0.4) is 0 Å². The molecule has 1 aliphatic rings.